The predicted molar refractivity (Wildman–Crippen MR) is 121 cm³/mol. The topological polar surface area (TPSA) is 23.6 Å². The number of rotatable bonds is 2. The molecule has 0 aromatic rings. The van der Waals surface area contributed by atoms with Gasteiger partial charge in [0.25, 0.3) is 0 Å². The largest absolute Gasteiger partial charge is 0.375 e. The van der Waals surface area contributed by atoms with E-state index in [-0.39, 0.29) is 10.8 Å². The van der Waals surface area contributed by atoms with Crippen LogP contribution in [-0.4, -0.2) is 47.8 Å². The normalized spacial score (nSPS) is 46.3. The lowest BCUT2D eigenvalue weighted by atomic mass is 9.47. The van der Waals surface area contributed by atoms with Gasteiger partial charge in [-0.1, -0.05) is 19.9 Å². The number of allylic oxidation sites excluding steroid dienone is 2. The highest BCUT2D eigenvalue weighted by atomic mass is 16.1. The first-order valence-electron chi connectivity index (χ1n) is 13.0. The lowest BCUT2D eigenvalue weighted by Gasteiger charge is -2.60. The summed E-state index contributed by atoms with van der Waals surface area (Å²) in [6, 6.07) is 0.654. The van der Waals surface area contributed by atoms with Crippen LogP contribution in [0.3, 0.4) is 0 Å². The van der Waals surface area contributed by atoms with Crippen LogP contribution in [-0.2, 0) is 4.79 Å². The van der Waals surface area contributed by atoms with E-state index in [9.17, 15) is 4.79 Å². The smallest absolute Gasteiger partial charge is 0.139 e. The first kappa shape index (κ1) is 19.6. The summed E-state index contributed by atoms with van der Waals surface area (Å²) in [6.45, 7) is 10.0. The van der Waals surface area contributed by atoms with E-state index in [1.165, 1.54) is 71.1 Å². The Bertz CT molecular complexity index is 787. The quantitative estimate of drug-likeness (QED) is 0.629. The number of hydrogen-bond donors (Lipinski definition) is 0. The maximum Gasteiger partial charge on any atom is 0.139 e. The molecule has 3 heteroatoms. The highest BCUT2D eigenvalue weighted by Crippen LogP contribution is 2.64. The zero-order chi connectivity index (χ0) is 20.5. The number of likely N-dealkylation sites (tertiary alicyclic amines) is 2. The van der Waals surface area contributed by atoms with Gasteiger partial charge >= 0.3 is 0 Å². The fraction of sp³-hybridized carbons (Fsp3) is 0.815. The molecule has 2 heterocycles. The first-order valence-corrected chi connectivity index (χ1v) is 13.0. The van der Waals surface area contributed by atoms with Crippen LogP contribution in [0.2, 0.25) is 0 Å². The van der Waals surface area contributed by atoms with Gasteiger partial charge in [-0.2, -0.15) is 0 Å². The molecule has 0 aromatic heterocycles. The van der Waals surface area contributed by atoms with Crippen molar-refractivity contribution in [2.24, 2.45) is 28.6 Å². The van der Waals surface area contributed by atoms with Crippen molar-refractivity contribution in [3.8, 4) is 0 Å². The molecule has 30 heavy (non-hydrogen) atoms. The van der Waals surface area contributed by atoms with Crippen LogP contribution in [0.25, 0.3) is 0 Å². The van der Waals surface area contributed by atoms with Crippen molar-refractivity contribution in [1.29, 1.82) is 0 Å². The van der Waals surface area contributed by atoms with Crippen LogP contribution < -0.4 is 0 Å². The van der Waals surface area contributed by atoms with Crippen molar-refractivity contribution in [3.63, 3.8) is 0 Å². The first-order chi connectivity index (χ1) is 14.5. The Morgan fingerprint density at radius 3 is 2.47 bits per heavy atom. The Morgan fingerprint density at radius 1 is 0.967 bits per heavy atom. The Labute approximate surface area is 182 Å². The molecule has 164 valence electrons. The number of carbonyl (C=O) groups excluding carboxylic acids is 1. The molecule has 4 fully saturated rings. The van der Waals surface area contributed by atoms with Crippen molar-refractivity contribution in [3.05, 3.63) is 23.4 Å². The van der Waals surface area contributed by atoms with Crippen molar-refractivity contribution in [2.75, 3.05) is 26.2 Å². The molecule has 2 aliphatic heterocycles. The predicted octanol–water partition coefficient (Wildman–Crippen LogP) is 5.18. The summed E-state index contributed by atoms with van der Waals surface area (Å²) >= 11 is 0. The minimum absolute atomic E-state index is 0.0166. The fourth-order valence-corrected chi connectivity index (χ4v) is 8.92. The maximum absolute atomic E-state index is 12.8. The van der Waals surface area contributed by atoms with Crippen molar-refractivity contribution >= 4 is 5.78 Å². The number of carbonyl (C=O) groups is 1. The molecular formula is C27H40N2O. The van der Waals surface area contributed by atoms with Crippen molar-refractivity contribution in [2.45, 2.75) is 84.1 Å². The van der Waals surface area contributed by atoms with E-state index in [1.54, 1.807) is 11.3 Å². The molecular weight excluding hydrogens is 368 g/mol. The summed E-state index contributed by atoms with van der Waals surface area (Å²) in [7, 11) is 0. The van der Waals surface area contributed by atoms with Gasteiger partial charge in [0.05, 0.1) is 0 Å². The van der Waals surface area contributed by atoms with E-state index in [0.29, 0.717) is 17.7 Å². The molecule has 2 saturated carbocycles. The second-order valence-corrected chi connectivity index (χ2v) is 11.8. The minimum atomic E-state index is -0.0166. The van der Waals surface area contributed by atoms with Crippen LogP contribution in [0.15, 0.2) is 23.4 Å². The molecule has 2 saturated heterocycles. The van der Waals surface area contributed by atoms with E-state index in [4.69, 9.17) is 0 Å². The Kier molecular flexibility index (Phi) is 4.54. The van der Waals surface area contributed by atoms with E-state index in [2.05, 4.69) is 35.8 Å². The van der Waals surface area contributed by atoms with Crippen LogP contribution in [0.5, 0.6) is 0 Å². The van der Waals surface area contributed by atoms with Crippen molar-refractivity contribution < 1.29 is 4.79 Å². The summed E-state index contributed by atoms with van der Waals surface area (Å²) in [5, 5.41) is 0. The molecule has 6 aliphatic rings. The zero-order valence-electron chi connectivity index (χ0n) is 19.2. The summed E-state index contributed by atoms with van der Waals surface area (Å²) < 4.78 is 0. The van der Waals surface area contributed by atoms with Gasteiger partial charge < -0.3 is 4.90 Å². The number of nitrogens with zero attached hydrogens (tertiary/aromatic N) is 2. The number of hydrogen-bond acceptors (Lipinski definition) is 3. The van der Waals surface area contributed by atoms with Gasteiger partial charge in [0.1, 0.15) is 5.78 Å². The summed E-state index contributed by atoms with van der Waals surface area (Å²) in [6.07, 6.45) is 17.6. The Morgan fingerprint density at radius 2 is 1.70 bits per heavy atom. The second kappa shape index (κ2) is 6.95. The third-order valence-corrected chi connectivity index (χ3v) is 10.7. The Hall–Kier alpha value is -1.09. The number of ketones is 1. The maximum atomic E-state index is 12.8. The molecule has 0 aromatic carbocycles. The lowest BCUT2D eigenvalue weighted by molar-refractivity contribution is -0.132. The van der Waals surface area contributed by atoms with Gasteiger partial charge in [0, 0.05) is 48.5 Å². The molecule has 0 radical (unpaired) electrons. The average molecular weight is 409 g/mol. The summed E-state index contributed by atoms with van der Waals surface area (Å²) in [5.41, 5.74) is 3.53. The molecule has 0 bridgehead atoms. The number of fused-ring (bicyclic) bond motifs is 5. The zero-order valence-corrected chi connectivity index (χ0v) is 19.2. The minimum Gasteiger partial charge on any atom is -0.375 e. The molecule has 6 atom stereocenters. The van der Waals surface area contributed by atoms with Gasteiger partial charge in [-0.25, -0.2) is 0 Å². The van der Waals surface area contributed by atoms with Gasteiger partial charge in [0.15, 0.2) is 0 Å². The third-order valence-electron chi connectivity index (χ3n) is 10.7. The fourth-order valence-electron chi connectivity index (χ4n) is 8.92. The Balaban J connectivity index is 1.40. The molecule has 0 N–H and O–H groups in total. The van der Waals surface area contributed by atoms with Crippen LogP contribution in [0, 0.1) is 28.6 Å². The monoisotopic (exact) mass is 408 g/mol. The lowest BCUT2D eigenvalue weighted by Crippen LogP contribution is -2.58. The van der Waals surface area contributed by atoms with Crippen LogP contribution in [0.4, 0.5) is 0 Å². The molecule has 4 unspecified atom stereocenters. The molecule has 6 rings (SSSR count). The highest BCUT2D eigenvalue weighted by molar-refractivity contribution is 5.87. The van der Waals surface area contributed by atoms with Crippen molar-refractivity contribution in [1.82, 2.24) is 9.80 Å². The van der Waals surface area contributed by atoms with E-state index in [0.717, 1.165) is 31.1 Å². The second-order valence-electron chi connectivity index (χ2n) is 11.8. The van der Waals surface area contributed by atoms with Gasteiger partial charge in [-0.15, -0.1) is 0 Å². The standard InChI is InChI=1S/C27H40N2O/c1-26-12-11-23-21(22(26)9-10-25(26)30)8-7-19-17-20(28-13-3-4-14-28)18-24(27(19,23)2)29-15-5-6-16-29/h7,17,21-24H,3-6,8-16,18H2,1-2H3/t21?,22?,23?,24?,26-,27-/m0/s1. The van der Waals surface area contributed by atoms with Crippen LogP contribution >= 0.6 is 0 Å². The molecule has 4 aliphatic carbocycles. The summed E-state index contributed by atoms with van der Waals surface area (Å²) in [4.78, 5) is 18.4. The molecule has 0 spiro atoms. The third kappa shape index (κ3) is 2.63. The van der Waals surface area contributed by atoms with Crippen LogP contribution in [0.1, 0.15) is 78.1 Å². The SMILES string of the molecule is C[C@]12C(=CCC3C1CC[C@]1(C)C(=O)CCC31)C=C(N1CCCC1)CC2N1CCCC1. The average Bonchev–Trinajstić information content (AvgIpc) is 3.49. The molecule has 3 nitrogen and oxygen atoms in total. The summed E-state index contributed by atoms with van der Waals surface area (Å²) in [5.74, 6) is 2.67. The molecule has 0 amide bonds. The number of Topliss-reactive ketones (excluding diaryl/α,β-unsaturated/α-hetero) is 1. The van der Waals surface area contributed by atoms with Gasteiger partial charge in [-0.3, -0.25) is 9.69 Å². The van der Waals surface area contributed by atoms with E-state index < -0.39 is 0 Å². The highest BCUT2D eigenvalue weighted by Gasteiger charge is 2.60. The van der Waals surface area contributed by atoms with Gasteiger partial charge in [0.2, 0.25) is 0 Å². The van der Waals surface area contributed by atoms with Gasteiger partial charge in [-0.05, 0) is 93.9 Å². The van der Waals surface area contributed by atoms with E-state index >= 15 is 0 Å². The van der Waals surface area contributed by atoms with E-state index in [1.807, 2.05) is 0 Å².